The molecule has 1 saturated heterocycles. The zero-order valence-corrected chi connectivity index (χ0v) is 12.8. The lowest BCUT2D eigenvalue weighted by Crippen LogP contribution is -2.49. The lowest BCUT2D eigenvalue weighted by molar-refractivity contribution is 0.129. The van der Waals surface area contributed by atoms with Gasteiger partial charge in [0.15, 0.2) is 5.03 Å². The van der Waals surface area contributed by atoms with Crippen LogP contribution in [0.4, 0.5) is 5.69 Å². The van der Waals surface area contributed by atoms with Crippen LogP contribution in [-0.4, -0.2) is 30.3 Å². The summed E-state index contributed by atoms with van der Waals surface area (Å²) in [6, 6.07) is 3.45. The molecule has 0 spiro atoms. The molecule has 1 saturated carbocycles. The van der Waals surface area contributed by atoms with Gasteiger partial charge in [0, 0.05) is 18.8 Å². The second kappa shape index (κ2) is 5.90. The van der Waals surface area contributed by atoms with E-state index in [1.807, 2.05) is 0 Å². The molecule has 0 aromatic carbocycles. The van der Waals surface area contributed by atoms with E-state index in [1.54, 1.807) is 16.4 Å². The summed E-state index contributed by atoms with van der Waals surface area (Å²) in [7, 11) is -3.60. The molecule has 21 heavy (non-hydrogen) atoms. The molecule has 0 bridgehead atoms. The van der Waals surface area contributed by atoms with Gasteiger partial charge in [0.2, 0.25) is 0 Å². The van der Waals surface area contributed by atoms with Crippen molar-refractivity contribution in [3.8, 4) is 0 Å². The molecule has 3 rings (SSSR count). The van der Waals surface area contributed by atoms with Crippen molar-refractivity contribution >= 4 is 15.7 Å². The number of nitrogens with one attached hydrogen (secondary N) is 1. The molecule has 7 heteroatoms. The van der Waals surface area contributed by atoms with Crippen molar-refractivity contribution in [2.45, 2.75) is 49.6 Å². The van der Waals surface area contributed by atoms with Crippen molar-refractivity contribution in [2.75, 3.05) is 12.0 Å². The van der Waals surface area contributed by atoms with Crippen molar-refractivity contribution in [3.05, 3.63) is 18.3 Å². The first kappa shape index (κ1) is 14.7. The molecule has 116 valence electrons. The van der Waals surface area contributed by atoms with Crippen LogP contribution in [0.25, 0.3) is 0 Å². The van der Waals surface area contributed by atoms with Gasteiger partial charge in [-0.05, 0) is 43.7 Å². The number of hydrogen-bond acceptors (Lipinski definition) is 5. The number of fused-ring (bicyclic) bond motifs is 1. The second-order valence-corrected chi connectivity index (χ2v) is 7.68. The molecule has 1 aliphatic carbocycles. The lowest BCUT2D eigenvalue weighted by Gasteiger charge is -2.43. The highest BCUT2D eigenvalue weighted by molar-refractivity contribution is 7.89. The number of rotatable bonds is 3. The Hall–Kier alpha value is -1.18. The van der Waals surface area contributed by atoms with Gasteiger partial charge < -0.3 is 5.43 Å². The third-order valence-corrected chi connectivity index (χ3v) is 6.56. The Kier molecular flexibility index (Phi) is 4.14. The Bertz CT molecular complexity index is 603. The van der Waals surface area contributed by atoms with Gasteiger partial charge in [0.1, 0.15) is 0 Å². The minimum Gasteiger partial charge on any atom is -0.321 e. The molecule has 6 nitrogen and oxygen atoms in total. The van der Waals surface area contributed by atoms with Crippen LogP contribution in [-0.2, 0) is 10.0 Å². The monoisotopic (exact) mass is 310 g/mol. The SMILES string of the molecule is NNc1cccnc1S(=O)(=O)N1CCC[C@H]2CCCC[C@H]21. The molecule has 3 N–H and O–H groups in total. The van der Waals surface area contributed by atoms with E-state index in [9.17, 15) is 8.42 Å². The largest absolute Gasteiger partial charge is 0.321 e. The normalized spacial score (nSPS) is 27.1. The molecule has 2 heterocycles. The van der Waals surface area contributed by atoms with E-state index in [2.05, 4.69) is 10.4 Å². The van der Waals surface area contributed by atoms with Crippen molar-refractivity contribution in [2.24, 2.45) is 11.8 Å². The molecule has 0 amide bonds. The minimum atomic E-state index is -3.60. The van der Waals surface area contributed by atoms with E-state index >= 15 is 0 Å². The predicted octanol–water partition coefficient (Wildman–Crippen LogP) is 1.71. The maximum Gasteiger partial charge on any atom is 0.262 e. The average molecular weight is 310 g/mol. The number of hydrogen-bond donors (Lipinski definition) is 2. The summed E-state index contributed by atoms with van der Waals surface area (Å²) < 4.78 is 27.6. The van der Waals surface area contributed by atoms with Crippen LogP contribution in [0.3, 0.4) is 0 Å². The van der Waals surface area contributed by atoms with Gasteiger partial charge in [0.05, 0.1) is 5.69 Å². The number of piperidine rings is 1. The van der Waals surface area contributed by atoms with Gasteiger partial charge in [0.25, 0.3) is 10.0 Å². The smallest absolute Gasteiger partial charge is 0.262 e. The molecule has 0 radical (unpaired) electrons. The number of nitrogens with two attached hydrogens (primary N) is 1. The molecule has 1 aromatic heterocycles. The standard InChI is InChI=1S/C14H22N4O2S/c15-17-12-7-3-9-16-14(12)21(19,20)18-10-4-6-11-5-1-2-8-13(11)18/h3,7,9,11,13,17H,1-2,4-6,8,10,15H2/t11-,13-/m1/s1. The summed E-state index contributed by atoms with van der Waals surface area (Å²) in [5.41, 5.74) is 2.80. The van der Waals surface area contributed by atoms with Crippen molar-refractivity contribution in [1.29, 1.82) is 0 Å². The van der Waals surface area contributed by atoms with E-state index in [1.165, 1.54) is 12.6 Å². The fourth-order valence-corrected chi connectivity index (χ4v) is 5.52. The van der Waals surface area contributed by atoms with E-state index < -0.39 is 10.0 Å². The quantitative estimate of drug-likeness (QED) is 0.655. The Morgan fingerprint density at radius 1 is 1.24 bits per heavy atom. The van der Waals surface area contributed by atoms with Gasteiger partial charge in [-0.25, -0.2) is 13.4 Å². The fraction of sp³-hybridized carbons (Fsp3) is 0.643. The Balaban J connectivity index is 1.96. The number of nitrogen functional groups attached to an aromatic ring is 1. The van der Waals surface area contributed by atoms with Crippen LogP contribution in [0.1, 0.15) is 38.5 Å². The highest BCUT2D eigenvalue weighted by atomic mass is 32.2. The van der Waals surface area contributed by atoms with E-state index in [-0.39, 0.29) is 11.1 Å². The van der Waals surface area contributed by atoms with Gasteiger partial charge in [-0.3, -0.25) is 5.84 Å². The zero-order valence-electron chi connectivity index (χ0n) is 12.0. The predicted molar refractivity (Wildman–Crippen MR) is 80.9 cm³/mol. The second-order valence-electron chi connectivity index (χ2n) is 5.87. The summed E-state index contributed by atoms with van der Waals surface area (Å²) in [4.78, 5) is 4.06. The van der Waals surface area contributed by atoms with Crippen LogP contribution >= 0.6 is 0 Å². The number of hydrazine groups is 1. The molecule has 2 aliphatic rings. The Morgan fingerprint density at radius 3 is 2.81 bits per heavy atom. The first-order valence-corrected chi connectivity index (χ1v) is 9.02. The fourth-order valence-electron chi connectivity index (χ4n) is 3.69. The molecule has 1 aromatic rings. The van der Waals surface area contributed by atoms with Crippen molar-refractivity contribution in [1.82, 2.24) is 9.29 Å². The highest BCUT2D eigenvalue weighted by Gasteiger charge is 2.41. The average Bonchev–Trinajstić information content (AvgIpc) is 2.54. The number of sulfonamides is 1. The molecule has 2 atom stereocenters. The van der Waals surface area contributed by atoms with E-state index in [0.717, 1.165) is 32.1 Å². The molecule has 1 aliphatic heterocycles. The zero-order chi connectivity index (χ0) is 14.9. The van der Waals surface area contributed by atoms with Crippen LogP contribution in [0, 0.1) is 5.92 Å². The summed E-state index contributed by atoms with van der Waals surface area (Å²) in [5, 5.41) is 0.0405. The van der Waals surface area contributed by atoms with Gasteiger partial charge >= 0.3 is 0 Å². The van der Waals surface area contributed by atoms with Gasteiger partial charge in [-0.1, -0.05) is 12.8 Å². The van der Waals surface area contributed by atoms with E-state index in [4.69, 9.17) is 5.84 Å². The highest BCUT2D eigenvalue weighted by Crippen LogP contribution is 2.38. The molecule has 2 fully saturated rings. The minimum absolute atomic E-state index is 0.0405. The maximum absolute atomic E-state index is 13.0. The van der Waals surface area contributed by atoms with E-state index in [0.29, 0.717) is 18.2 Å². The van der Waals surface area contributed by atoms with Crippen LogP contribution in [0.15, 0.2) is 23.4 Å². The third kappa shape index (κ3) is 2.65. The summed E-state index contributed by atoms with van der Waals surface area (Å²) in [5.74, 6) is 5.94. The number of pyridine rings is 1. The maximum atomic E-state index is 13.0. The number of aromatic nitrogens is 1. The van der Waals surface area contributed by atoms with Crippen LogP contribution in [0.2, 0.25) is 0 Å². The third-order valence-electron chi connectivity index (χ3n) is 4.67. The lowest BCUT2D eigenvalue weighted by atomic mass is 9.79. The first-order valence-electron chi connectivity index (χ1n) is 7.58. The van der Waals surface area contributed by atoms with Gasteiger partial charge in [-0.15, -0.1) is 0 Å². The summed E-state index contributed by atoms with van der Waals surface area (Å²) >= 11 is 0. The number of anilines is 1. The summed E-state index contributed by atoms with van der Waals surface area (Å²) in [6.45, 7) is 0.587. The van der Waals surface area contributed by atoms with Crippen LogP contribution in [0.5, 0.6) is 0 Å². The number of nitrogens with zero attached hydrogens (tertiary/aromatic N) is 2. The van der Waals surface area contributed by atoms with Crippen LogP contribution < -0.4 is 11.3 Å². The molecule has 0 unspecified atom stereocenters. The Labute approximate surface area is 125 Å². The molecular formula is C14H22N4O2S. The summed E-state index contributed by atoms with van der Waals surface area (Å²) in [6.07, 6.45) is 7.99. The Morgan fingerprint density at radius 2 is 2.00 bits per heavy atom. The van der Waals surface area contributed by atoms with Gasteiger partial charge in [-0.2, -0.15) is 4.31 Å². The molecular weight excluding hydrogens is 288 g/mol. The van der Waals surface area contributed by atoms with Crippen molar-refractivity contribution < 1.29 is 8.42 Å². The first-order chi connectivity index (χ1) is 10.1. The van der Waals surface area contributed by atoms with Crippen molar-refractivity contribution in [3.63, 3.8) is 0 Å². The topological polar surface area (TPSA) is 88.3 Å².